The normalized spacial score (nSPS) is 16.0. The number of halogens is 2. The molecule has 0 spiro atoms. The molecular formula is C11H12Cl2N2OS. The van der Waals surface area contributed by atoms with Gasteiger partial charge in [0.25, 0.3) is 5.91 Å². The van der Waals surface area contributed by atoms with E-state index in [1.165, 1.54) is 0 Å². The van der Waals surface area contributed by atoms with E-state index in [4.69, 9.17) is 28.9 Å². The summed E-state index contributed by atoms with van der Waals surface area (Å²) in [5.41, 5.74) is 6.46. The maximum atomic E-state index is 12.2. The minimum absolute atomic E-state index is 0.0332. The quantitative estimate of drug-likeness (QED) is 0.809. The number of nitrogen functional groups attached to an aromatic ring is 1. The van der Waals surface area contributed by atoms with Gasteiger partial charge in [-0.25, -0.2) is 0 Å². The average molecular weight is 291 g/mol. The van der Waals surface area contributed by atoms with Crippen molar-refractivity contribution in [3.63, 3.8) is 0 Å². The Morgan fingerprint density at radius 2 is 1.76 bits per heavy atom. The molecule has 1 aromatic rings. The molecule has 1 saturated heterocycles. The molecule has 1 fully saturated rings. The minimum atomic E-state index is -0.0332. The van der Waals surface area contributed by atoms with Crippen LogP contribution in [-0.4, -0.2) is 35.4 Å². The van der Waals surface area contributed by atoms with Crippen LogP contribution in [-0.2, 0) is 0 Å². The number of rotatable bonds is 1. The van der Waals surface area contributed by atoms with Crippen LogP contribution < -0.4 is 5.73 Å². The highest BCUT2D eigenvalue weighted by molar-refractivity contribution is 7.99. The number of amides is 1. The molecule has 1 aliphatic heterocycles. The average Bonchev–Trinajstić information content (AvgIpc) is 2.35. The fourth-order valence-electron chi connectivity index (χ4n) is 1.66. The van der Waals surface area contributed by atoms with Crippen molar-refractivity contribution >= 4 is 46.6 Å². The Hall–Kier alpha value is -0.580. The van der Waals surface area contributed by atoms with Crippen molar-refractivity contribution in [2.24, 2.45) is 0 Å². The number of thioether (sulfide) groups is 1. The van der Waals surface area contributed by atoms with E-state index < -0.39 is 0 Å². The van der Waals surface area contributed by atoms with E-state index in [9.17, 15) is 4.79 Å². The lowest BCUT2D eigenvalue weighted by Crippen LogP contribution is -2.37. The molecule has 2 rings (SSSR count). The molecule has 1 aliphatic rings. The largest absolute Gasteiger partial charge is 0.396 e. The van der Waals surface area contributed by atoms with Gasteiger partial charge in [0.15, 0.2) is 0 Å². The molecule has 0 radical (unpaired) electrons. The predicted octanol–water partition coefficient (Wildman–Crippen LogP) is 2.76. The van der Waals surface area contributed by atoms with Crippen LogP contribution in [0.25, 0.3) is 0 Å². The summed E-state index contributed by atoms with van der Waals surface area (Å²) < 4.78 is 0. The van der Waals surface area contributed by atoms with E-state index in [1.807, 2.05) is 16.7 Å². The van der Waals surface area contributed by atoms with E-state index in [2.05, 4.69) is 0 Å². The Labute approximate surface area is 114 Å². The second-order valence-corrected chi connectivity index (χ2v) is 5.80. The monoisotopic (exact) mass is 290 g/mol. The van der Waals surface area contributed by atoms with Crippen LogP contribution in [0.4, 0.5) is 5.69 Å². The van der Waals surface area contributed by atoms with Gasteiger partial charge in [-0.15, -0.1) is 0 Å². The zero-order valence-electron chi connectivity index (χ0n) is 9.08. The summed E-state index contributed by atoms with van der Waals surface area (Å²) in [6.07, 6.45) is 0. The number of carbonyl (C=O) groups excluding carboxylic acids is 1. The van der Waals surface area contributed by atoms with Gasteiger partial charge in [0.05, 0.1) is 15.7 Å². The molecule has 1 heterocycles. The summed E-state index contributed by atoms with van der Waals surface area (Å²) in [7, 11) is 0. The third-order valence-electron chi connectivity index (χ3n) is 2.62. The Balaban J connectivity index is 2.24. The van der Waals surface area contributed by atoms with Gasteiger partial charge in [0, 0.05) is 30.2 Å². The molecule has 0 aromatic heterocycles. The highest BCUT2D eigenvalue weighted by Crippen LogP contribution is 2.29. The van der Waals surface area contributed by atoms with E-state index in [0.29, 0.717) is 21.3 Å². The molecule has 3 nitrogen and oxygen atoms in total. The summed E-state index contributed by atoms with van der Waals surface area (Å²) in [6.45, 7) is 1.53. The summed E-state index contributed by atoms with van der Waals surface area (Å²) in [4.78, 5) is 14.0. The molecule has 0 bridgehead atoms. The van der Waals surface area contributed by atoms with Crippen LogP contribution in [0.1, 0.15) is 10.4 Å². The van der Waals surface area contributed by atoms with Gasteiger partial charge < -0.3 is 10.6 Å². The molecule has 1 aromatic carbocycles. The van der Waals surface area contributed by atoms with Crippen LogP contribution in [0, 0.1) is 0 Å². The zero-order chi connectivity index (χ0) is 12.4. The van der Waals surface area contributed by atoms with Crippen molar-refractivity contribution < 1.29 is 4.79 Å². The molecule has 2 N–H and O–H groups in total. The first-order valence-corrected chi connectivity index (χ1v) is 7.12. The molecular weight excluding hydrogens is 279 g/mol. The molecule has 0 atom stereocenters. The number of hydrogen-bond acceptors (Lipinski definition) is 3. The number of anilines is 1. The Morgan fingerprint density at radius 1 is 1.24 bits per heavy atom. The van der Waals surface area contributed by atoms with Crippen LogP contribution in [0.2, 0.25) is 10.0 Å². The predicted molar refractivity (Wildman–Crippen MR) is 74.1 cm³/mol. The summed E-state index contributed by atoms with van der Waals surface area (Å²) >= 11 is 13.7. The summed E-state index contributed by atoms with van der Waals surface area (Å²) in [5, 5.41) is 0.652. The number of nitrogens with zero attached hydrogens (tertiary/aromatic N) is 1. The SMILES string of the molecule is Nc1c(Cl)cc(C(=O)N2CCSCC2)cc1Cl. The van der Waals surface area contributed by atoms with Crippen LogP contribution in [0.3, 0.4) is 0 Å². The number of hydrogen-bond donors (Lipinski definition) is 1. The first-order chi connectivity index (χ1) is 8.09. The lowest BCUT2D eigenvalue weighted by Gasteiger charge is -2.26. The van der Waals surface area contributed by atoms with Gasteiger partial charge in [0.1, 0.15) is 0 Å². The lowest BCUT2D eigenvalue weighted by molar-refractivity contribution is 0.0772. The summed E-state index contributed by atoms with van der Waals surface area (Å²) in [5.74, 6) is 1.92. The van der Waals surface area contributed by atoms with Gasteiger partial charge in [-0.1, -0.05) is 23.2 Å². The molecule has 1 amide bonds. The molecule has 6 heteroatoms. The van der Waals surface area contributed by atoms with Gasteiger partial charge in [-0.3, -0.25) is 4.79 Å². The van der Waals surface area contributed by atoms with Crippen LogP contribution in [0.15, 0.2) is 12.1 Å². The fraction of sp³-hybridized carbons (Fsp3) is 0.364. The third kappa shape index (κ3) is 2.81. The Morgan fingerprint density at radius 3 is 2.29 bits per heavy atom. The van der Waals surface area contributed by atoms with E-state index in [-0.39, 0.29) is 5.91 Å². The third-order valence-corrected chi connectivity index (χ3v) is 4.19. The molecule has 0 unspecified atom stereocenters. The van der Waals surface area contributed by atoms with Crippen molar-refractivity contribution in [1.82, 2.24) is 4.90 Å². The van der Waals surface area contributed by atoms with Crippen molar-refractivity contribution in [1.29, 1.82) is 0 Å². The zero-order valence-corrected chi connectivity index (χ0v) is 11.4. The molecule has 92 valence electrons. The van der Waals surface area contributed by atoms with Gasteiger partial charge in [0.2, 0.25) is 0 Å². The first-order valence-electron chi connectivity index (χ1n) is 5.21. The van der Waals surface area contributed by atoms with Crippen LogP contribution in [0.5, 0.6) is 0 Å². The van der Waals surface area contributed by atoms with E-state index in [1.54, 1.807) is 12.1 Å². The number of nitrogens with two attached hydrogens (primary N) is 1. The van der Waals surface area contributed by atoms with Crippen molar-refractivity contribution in [2.75, 3.05) is 30.3 Å². The smallest absolute Gasteiger partial charge is 0.254 e. The van der Waals surface area contributed by atoms with E-state index in [0.717, 1.165) is 24.6 Å². The van der Waals surface area contributed by atoms with Crippen molar-refractivity contribution in [3.8, 4) is 0 Å². The number of carbonyl (C=O) groups is 1. The molecule has 0 saturated carbocycles. The fourth-order valence-corrected chi connectivity index (χ4v) is 3.05. The second kappa shape index (κ2) is 5.38. The number of benzene rings is 1. The highest BCUT2D eigenvalue weighted by atomic mass is 35.5. The summed E-state index contributed by atoms with van der Waals surface area (Å²) in [6, 6.07) is 3.15. The minimum Gasteiger partial charge on any atom is -0.396 e. The maximum absolute atomic E-state index is 12.2. The first kappa shape index (κ1) is 12.9. The van der Waals surface area contributed by atoms with Crippen molar-refractivity contribution in [3.05, 3.63) is 27.7 Å². The van der Waals surface area contributed by atoms with Crippen molar-refractivity contribution in [2.45, 2.75) is 0 Å². The van der Waals surface area contributed by atoms with Gasteiger partial charge >= 0.3 is 0 Å². The maximum Gasteiger partial charge on any atom is 0.254 e. The standard InChI is InChI=1S/C11H12Cl2N2OS/c12-8-5-7(6-9(13)10(8)14)11(16)15-1-3-17-4-2-15/h5-6H,1-4,14H2. The Bertz CT molecular complexity index is 424. The second-order valence-electron chi connectivity index (χ2n) is 3.76. The van der Waals surface area contributed by atoms with Crippen LogP contribution >= 0.6 is 35.0 Å². The highest BCUT2D eigenvalue weighted by Gasteiger charge is 2.19. The van der Waals surface area contributed by atoms with Gasteiger partial charge in [-0.2, -0.15) is 11.8 Å². The topological polar surface area (TPSA) is 46.3 Å². The lowest BCUT2D eigenvalue weighted by atomic mass is 10.1. The molecule has 0 aliphatic carbocycles. The Kier molecular flexibility index (Phi) is 4.07. The van der Waals surface area contributed by atoms with E-state index >= 15 is 0 Å². The molecule has 17 heavy (non-hydrogen) atoms. The van der Waals surface area contributed by atoms with Gasteiger partial charge in [-0.05, 0) is 12.1 Å².